The van der Waals surface area contributed by atoms with Crippen molar-refractivity contribution in [3.8, 4) is 0 Å². The molecular weight excluding hydrogens is 328 g/mol. The van der Waals surface area contributed by atoms with Crippen LogP contribution in [0.3, 0.4) is 0 Å². The number of amides is 3. The van der Waals surface area contributed by atoms with Crippen molar-refractivity contribution in [3.05, 3.63) is 78.1 Å². The summed E-state index contributed by atoms with van der Waals surface area (Å²) in [4.78, 5) is 26.5. The number of hydrogen-bond donors (Lipinski definition) is 1. The number of nitrogens with one attached hydrogen (secondary N) is 1. The van der Waals surface area contributed by atoms with Crippen LogP contribution in [-0.2, 0) is 10.3 Å². The summed E-state index contributed by atoms with van der Waals surface area (Å²) in [5, 5.41) is 3.66. The van der Waals surface area contributed by atoms with Gasteiger partial charge in [0.15, 0.2) is 5.54 Å². The first-order valence-corrected chi connectivity index (χ1v) is 8.43. The van der Waals surface area contributed by atoms with Crippen LogP contribution >= 0.6 is 0 Å². The summed E-state index contributed by atoms with van der Waals surface area (Å²) < 4.78 is 5.82. The predicted octanol–water partition coefficient (Wildman–Crippen LogP) is 3.91. The molecule has 5 nitrogen and oxygen atoms in total. The van der Waals surface area contributed by atoms with Crippen molar-refractivity contribution < 1.29 is 14.0 Å². The third-order valence-electron chi connectivity index (χ3n) is 4.59. The topological polar surface area (TPSA) is 62.6 Å². The van der Waals surface area contributed by atoms with E-state index in [1.165, 1.54) is 4.90 Å². The zero-order chi connectivity index (χ0) is 18.1. The van der Waals surface area contributed by atoms with E-state index in [1.54, 1.807) is 19.1 Å². The van der Waals surface area contributed by atoms with Crippen LogP contribution in [0.25, 0.3) is 17.0 Å². The van der Waals surface area contributed by atoms with Crippen molar-refractivity contribution in [1.82, 2.24) is 10.2 Å². The van der Waals surface area contributed by atoms with E-state index in [9.17, 15) is 9.59 Å². The number of carbonyl (C=O) groups excluding carboxylic acids is 2. The lowest BCUT2D eigenvalue weighted by Gasteiger charge is -2.18. The Morgan fingerprint density at radius 3 is 2.58 bits per heavy atom. The molecule has 2 aromatic carbocycles. The molecule has 0 radical (unpaired) electrons. The number of rotatable bonds is 4. The minimum atomic E-state index is -1.20. The standard InChI is InChI=1S/C21H18N2O3/c1-21(18-14-16-11-5-6-12-17(16)26-18)19(24)23(20(25)22-21)13-7-10-15-8-3-2-4-9-15/h2-12,14H,13H2,1H3,(H,22,25)/b10-7+/t21-/m0/s1. The molecule has 3 amide bonds. The normalized spacial score (nSPS) is 20.3. The van der Waals surface area contributed by atoms with Crippen LogP contribution in [0.15, 0.2) is 71.2 Å². The number of urea groups is 1. The molecule has 1 aromatic heterocycles. The quantitative estimate of drug-likeness (QED) is 0.729. The maximum absolute atomic E-state index is 12.9. The molecule has 5 heteroatoms. The second-order valence-electron chi connectivity index (χ2n) is 6.43. The minimum Gasteiger partial charge on any atom is -0.458 e. The van der Waals surface area contributed by atoms with Crippen LogP contribution in [0, 0.1) is 0 Å². The van der Waals surface area contributed by atoms with Crippen LogP contribution in [0.5, 0.6) is 0 Å². The van der Waals surface area contributed by atoms with Crippen LogP contribution < -0.4 is 5.32 Å². The Hall–Kier alpha value is -3.34. The van der Waals surface area contributed by atoms with Gasteiger partial charge in [-0.15, -0.1) is 0 Å². The number of nitrogens with zero attached hydrogens (tertiary/aromatic N) is 1. The fraction of sp³-hybridized carbons (Fsp3) is 0.143. The highest BCUT2D eigenvalue weighted by atomic mass is 16.3. The lowest BCUT2D eigenvalue weighted by atomic mass is 9.99. The number of carbonyl (C=O) groups is 2. The highest BCUT2D eigenvalue weighted by Gasteiger charge is 2.50. The van der Waals surface area contributed by atoms with Crippen molar-refractivity contribution in [2.45, 2.75) is 12.5 Å². The summed E-state index contributed by atoms with van der Waals surface area (Å²) >= 11 is 0. The number of imide groups is 1. The summed E-state index contributed by atoms with van der Waals surface area (Å²) in [6.45, 7) is 1.88. The number of hydrogen-bond acceptors (Lipinski definition) is 3. The lowest BCUT2D eigenvalue weighted by molar-refractivity contribution is -0.131. The molecule has 1 aliphatic rings. The SMILES string of the molecule is C[C@@]1(c2cc3ccccc3o2)NC(=O)N(C/C=C/c2ccccc2)C1=O. The van der Waals surface area contributed by atoms with Crippen LogP contribution in [-0.4, -0.2) is 23.4 Å². The largest absolute Gasteiger partial charge is 0.458 e. The Balaban J connectivity index is 1.57. The molecule has 1 N–H and O–H groups in total. The van der Waals surface area contributed by atoms with E-state index < -0.39 is 11.6 Å². The van der Waals surface area contributed by atoms with Gasteiger partial charge in [-0.05, 0) is 24.6 Å². The summed E-state index contributed by atoms with van der Waals surface area (Å²) in [7, 11) is 0. The fourth-order valence-electron chi connectivity index (χ4n) is 3.12. The molecular formula is C21H18N2O3. The molecule has 0 saturated carbocycles. The molecule has 1 saturated heterocycles. The van der Waals surface area contributed by atoms with Gasteiger partial charge < -0.3 is 9.73 Å². The molecule has 1 fully saturated rings. The molecule has 2 heterocycles. The molecule has 1 aliphatic heterocycles. The Morgan fingerprint density at radius 2 is 1.81 bits per heavy atom. The third-order valence-corrected chi connectivity index (χ3v) is 4.59. The van der Waals surface area contributed by atoms with Crippen molar-refractivity contribution in [3.63, 3.8) is 0 Å². The van der Waals surface area contributed by atoms with E-state index in [1.807, 2.05) is 60.7 Å². The van der Waals surface area contributed by atoms with Gasteiger partial charge >= 0.3 is 6.03 Å². The van der Waals surface area contributed by atoms with Gasteiger partial charge in [-0.2, -0.15) is 0 Å². The second-order valence-corrected chi connectivity index (χ2v) is 6.43. The average Bonchev–Trinajstić information content (AvgIpc) is 3.18. The van der Waals surface area contributed by atoms with Crippen molar-refractivity contribution >= 4 is 29.0 Å². The monoisotopic (exact) mass is 346 g/mol. The molecule has 0 spiro atoms. The lowest BCUT2D eigenvalue weighted by Crippen LogP contribution is -2.40. The Labute approximate surface area is 150 Å². The fourth-order valence-corrected chi connectivity index (χ4v) is 3.12. The van der Waals surface area contributed by atoms with Gasteiger partial charge in [0.2, 0.25) is 0 Å². The van der Waals surface area contributed by atoms with Gasteiger partial charge in [0.05, 0.1) is 0 Å². The summed E-state index contributed by atoms with van der Waals surface area (Å²) in [6, 6.07) is 18.6. The van der Waals surface area contributed by atoms with Gasteiger partial charge in [0.25, 0.3) is 5.91 Å². The third kappa shape index (κ3) is 2.67. The van der Waals surface area contributed by atoms with Crippen molar-refractivity contribution in [1.29, 1.82) is 0 Å². The number of fused-ring (bicyclic) bond motifs is 1. The Morgan fingerprint density at radius 1 is 1.08 bits per heavy atom. The molecule has 4 rings (SSSR count). The first kappa shape index (κ1) is 16.1. The number of para-hydroxylation sites is 1. The van der Waals surface area contributed by atoms with E-state index in [4.69, 9.17) is 4.42 Å². The molecule has 26 heavy (non-hydrogen) atoms. The smallest absolute Gasteiger partial charge is 0.325 e. The van der Waals surface area contributed by atoms with Gasteiger partial charge in [0, 0.05) is 11.9 Å². The highest BCUT2D eigenvalue weighted by Crippen LogP contribution is 2.32. The summed E-state index contributed by atoms with van der Waals surface area (Å²) in [5.41, 5.74) is 0.504. The van der Waals surface area contributed by atoms with E-state index in [0.29, 0.717) is 11.3 Å². The zero-order valence-electron chi connectivity index (χ0n) is 14.3. The van der Waals surface area contributed by atoms with Crippen molar-refractivity contribution in [2.24, 2.45) is 0 Å². The van der Waals surface area contributed by atoms with Crippen molar-refractivity contribution in [2.75, 3.05) is 6.54 Å². The Bertz CT molecular complexity index is 973. The maximum Gasteiger partial charge on any atom is 0.325 e. The molecule has 0 unspecified atom stereocenters. The predicted molar refractivity (Wildman–Crippen MR) is 99.3 cm³/mol. The van der Waals surface area contributed by atoms with E-state index in [-0.39, 0.29) is 12.5 Å². The number of benzene rings is 2. The minimum absolute atomic E-state index is 0.204. The van der Waals surface area contributed by atoms with E-state index in [2.05, 4.69) is 5.32 Å². The molecule has 3 aromatic rings. The van der Waals surface area contributed by atoms with Crippen LogP contribution in [0.1, 0.15) is 18.2 Å². The van der Waals surface area contributed by atoms with E-state index in [0.717, 1.165) is 10.9 Å². The second kappa shape index (κ2) is 6.19. The summed E-state index contributed by atoms with van der Waals surface area (Å²) in [6.07, 6.45) is 3.69. The first-order valence-electron chi connectivity index (χ1n) is 8.43. The van der Waals surface area contributed by atoms with E-state index >= 15 is 0 Å². The first-order chi connectivity index (χ1) is 12.6. The van der Waals surface area contributed by atoms with Gasteiger partial charge in [-0.25, -0.2) is 4.79 Å². The zero-order valence-corrected chi connectivity index (χ0v) is 14.3. The van der Waals surface area contributed by atoms with Crippen LogP contribution in [0.4, 0.5) is 4.79 Å². The maximum atomic E-state index is 12.9. The number of furan rings is 1. The molecule has 130 valence electrons. The molecule has 1 atom stereocenters. The summed E-state index contributed by atoms with van der Waals surface area (Å²) in [5.74, 6) is 0.117. The van der Waals surface area contributed by atoms with Gasteiger partial charge in [-0.3, -0.25) is 9.69 Å². The molecule has 0 bridgehead atoms. The average molecular weight is 346 g/mol. The highest BCUT2D eigenvalue weighted by molar-refractivity contribution is 6.07. The van der Waals surface area contributed by atoms with Crippen LogP contribution in [0.2, 0.25) is 0 Å². The molecule has 0 aliphatic carbocycles. The Kier molecular flexibility index (Phi) is 3.84. The van der Waals surface area contributed by atoms with Gasteiger partial charge in [-0.1, -0.05) is 60.7 Å². The van der Waals surface area contributed by atoms with Gasteiger partial charge in [0.1, 0.15) is 11.3 Å².